The second-order valence-electron chi connectivity index (χ2n) is 4.46. The summed E-state index contributed by atoms with van der Waals surface area (Å²) in [5, 5.41) is 0.353. The Bertz CT molecular complexity index is 603. The third-order valence-electron chi connectivity index (χ3n) is 3.38. The van der Waals surface area contributed by atoms with Crippen LogP contribution in [0.4, 0.5) is 5.82 Å². The summed E-state index contributed by atoms with van der Waals surface area (Å²) in [6, 6.07) is 8.47. The van der Waals surface area contributed by atoms with Gasteiger partial charge in [0.1, 0.15) is 6.33 Å². The van der Waals surface area contributed by atoms with E-state index in [-0.39, 0.29) is 0 Å². The average molecular weight is 276 g/mol. The molecular weight excluding hydrogens is 262 g/mol. The van der Waals surface area contributed by atoms with E-state index in [4.69, 9.17) is 16.3 Å². The molecule has 0 amide bonds. The third-order valence-corrected chi connectivity index (χ3v) is 3.65. The maximum Gasteiger partial charge on any atom is 0.199 e. The van der Waals surface area contributed by atoms with Gasteiger partial charge in [0.15, 0.2) is 16.7 Å². The molecule has 19 heavy (non-hydrogen) atoms. The van der Waals surface area contributed by atoms with Crippen LogP contribution in [0.15, 0.2) is 30.6 Å². The molecule has 5 heteroatoms. The molecule has 0 atom stereocenters. The minimum atomic E-state index is 0.353. The normalized spacial score (nSPS) is 14.1. The molecule has 0 saturated heterocycles. The monoisotopic (exact) mass is 275 g/mol. The predicted octanol–water partition coefficient (Wildman–Crippen LogP) is 2.70. The number of aromatic nitrogens is 2. The number of halogens is 1. The second-order valence-corrected chi connectivity index (χ2v) is 4.82. The van der Waals surface area contributed by atoms with Gasteiger partial charge in [0.05, 0.1) is 7.11 Å². The first-order valence-corrected chi connectivity index (χ1v) is 6.53. The number of nitrogens with zero attached hydrogens (tertiary/aromatic N) is 3. The summed E-state index contributed by atoms with van der Waals surface area (Å²) in [6.45, 7) is 1.72. The molecule has 0 spiro atoms. The molecule has 0 saturated carbocycles. The van der Waals surface area contributed by atoms with Crippen molar-refractivity contribution in [1.29, 1.82) is 0 Å². The minimum Gasteiger partial charge on any atom is -0.490 e. The Balaban J connectivity index is 1.95. The summed E-state index contributed by atoms with van der Waals surface area (Å²) in [5.74, 6) is 1.31. The van der Waals surface area contributed by atoms with Crippen molar-refractivity contribution in [2.24, 2.45) is 0 Å². The number of hydrogen-bond donors (Lipinski definition) is 0. The lowest BCUT2D eigenvalue weighted by molar-refractivity contribution is 0.410. The van der Waals surface area contributed by atoms with Crippen LogP contribution < -0.4 is 9.64 Å². The lowest BCUT2D eigenvalue weighted by atomic mass is 10.00. The zero-order valence-electron chi connectivity index (χ0n) is 10.6. The number of anilines is 1. The Morgan fingerprint density at radius 2 is 2.00 bits per heavy atom. The summed E-state index contributed by atoms with van der Waals surface area (Å²) in [7, 11) is 1.59. The van der Waals surface area contributed by atoms with E-state index < -0.39 is 0 Å². The molecule has 2 heterocycles. The fourth-order valence-electron chi connectivity index (χ4n) is 2.42. The van der Waals surface area contributed by atoms with E-state index in [9.17, 15) is 0 Å². The summed E-state index contributed by atoms with van der Waals surface area (Å²) in [4.78, 5) is 10.4. The fraction of sp³-hybridized carbons (Fsp3) is 0.286. The third kappa shape index (κ3) is 2.24. The predicted molar refractivity (Wildman–Crippen MR) is 74.8 cm³/mol. The lowest BCUT2D eigenvalue weighted by Gasteiger charge is -2.30. The first-order chi connectivity index (χ1) is 9.29. The van der Waals surface area contributed by atoms with Gasteiger partial charge in [-0.1, -0.05) is 35.9 Å². The van der Waals surface area contributed by atoms with Crippen LogP contribution in [0.2, 0.25) is 5.15 Å². The summed E-state index contributed by atoms with van der Waals surface area (Å²) < 4.78 is 5.32. The van der Waals surface area contributed by atoms with Crippen molar-refractivity contribution in [2.75, 3.05) is 18.6 Å². The Morgan fingerprint density at radius 1 is 1.21 bits per heavy atom. The van der Waals surface area contributed by atoms with Gasteiger partial charge in [-0.05, 0) is 17.5 Å². The molecule has 0 fully saturated rings. The first kappa shape index (κ1) is 12.2. The van der Waals surface area contributed by atoms with E-state index >= 15 is 0 Å². The van der Waals surface area contributed by atoms with E-state index in [2.05, 4.69) is 39.1 Å². The average Bonchev–Trinajstić information content (AvgIpc) is 2.46. The summed E-state index contributed by atoms with van der Waals surface area (Å²) >= 11 is 6.05. The van der Waals surface area contributed by atoms with E-state index in [0.717, 1.165) is 25.3 Å². The highest BCUT2D eigenvalue weighted by Gasteiger charge is 2.21. The van der Waals surface area contributed by atoms with Crippen LogP contribution >= 0.6 is 11.6 Å². The Kier molecular flexibility index (Phi) is 3.25. The maximum atomic E-state index is 6.05. The fourth-order valence-corrected chi connectivity index (χ4v) is 2.63. The molecule has 0 aliphatic carbocycles. The van der Waals surface area contributed by atoms with Gasteiger partial charge in [-0.2, -0.15) is 0 Å². The van der Waals surface area contributed by atoms with Crippen molar-refractivity contribution >= 4 is 17.4 Å². The van der Waals surface area contributed by atoms with Crippen molar-refractivity contribution in [3.63, 3.8) is 0 Å². The van der Waals surface area contributed by atoms with Gasteiger partial charge in [-0.15, -0.1) is 0 Å². The highest BCUT2D eigenvalue weighted by atomic mass is 35.5. The Labute approximate surface area is 117 Å². The highest BCUT2D eigenvalue weighted by Crippen LogP contribution is 2.34. The Hall–Kier alpha value is -1.81. The van der Waals surface area contributed by atoms with Gasteiger partial charge in [-0.3, -0.25) is 0 Å². The van der Waals surface area contributed by atoms with E-state index in [1.54, 1.807) is 7.11 Å². The molecule has 1 aromatic carbocycles. The van der Waals surface area contributed by atoms with Gasteiger partial charge in [-0.25, -0.2) is 9.97 Å². The summed E-state index contributed by atoms with van der Waals surface area (Å²) in [5.41, 5.74) is 2.73. The zero-order valence-corrected chi connectivity index (χ0v) is 11.4. The van der Waals surface area contributed by atoms with Crippen molar-refractivity contribution in [1.82, 2.24) is 9.97 Å². The largest absolute Gasteiger partial charge is 0.490 e. The standard InChI is InChI=1S/C14H14ClN3O/c1-19-12-13(15)16-9-17-14(12)18-7-6-10-4-2-3-5-11(10)8-18/h2-5,9H,6-8H2,1H3. The number of rotatable bonds is 2. The molecule has 0 N–H and O–H groups in total. The molecule has 1 aromatic heterocycles. The van der Waals surface area contributed by atoms with Crippen molar-refractivity contribution in [3.05, 3.63) is 46.9 Å². The Morgan fingerprint density at radius 3 is 2.79 bits per heavy atom. The topological polar surface area (TPSA) is 38.3 Å². The van der Waals surface area contributed by atoms with E-state index in [1.807, 2.05) is 0 Å². The van der Waals surface area contributed by atoms with Crippen LogP contribution in [0.1, 0.15) is 11.1 Å². The lowest BCUT2D eigenvalue weighted by Crippen LogP contribution is -2.31. The van der Waals surface area contributed by atoms with Gasteiger partial charge >= 0.3 is 0 Å². The molecule has 1 aliphatic heterocycles. The van der Waals surface area contributed by atoms with Crippen LogP contribution in [0.25, 0.3) is 0 Å². The van der Waals surface area contributed by atoms with Gasteiger partial charge < -0.3 is 9.64 Å². The zero-order chi connectivity index (χ0) is 13.2. The number of fused-ring (bicyclic) bond motifs is 1. The molecule has 3 rings (SSSR count). The molecule has 2 aromatic rings. The molecule has 4 nitrogen and oxygen atoms in total. The molecule has 0 bridgehead atoms. The molecule has 0 unspecified atom stereocenters. The number of methoxy groups -OCH3 is 1. The van der Waals surface area contributed by atoms with Crippen LogP contribution in [-0.2, 0) is 13.0 Å². The van der Waals surface area contributed by atoms with Gasteiger partial charge in [0.2, 0.25) is 0 Å². The molecule has 0 radical (unpaired) electrons. The number of ether oxygens (including phenoxy) is 1. The smallest absolute Gasteiger partial charge is 0.199 e. The number of hydrogen-bond acceptors (Lipinski definition) is 4. The minimum absolute atomic E-state index is 0.353. The van der Waals surface area contributed by atoms with Crippen molar-refractivity contribution in [2.45, 2.75) is 13.0 Å². The number of benzene rings is 1. The van der Waals surface area contributed by atoms with Crippen LogP contribution in [0, 0.1) is 0 Å². The van der Waals surface area contributed by atoms with Crippen LogP contribution in [0.5, 0.6) is 5.75 Å². The second kappa shape index (κ2) is 5.05. The first-order valence-electron chi connectivity index (χ1n) is 6.16. The molecule has 1 aliphatic rings. The molecular formula is C14H14ClN3O. The van der Waals surface area contributed by atoms with Crippen molar-refractivity contribution < 1.29 is 4.74 Å². The van der Waals surface area contributed by atoms with Gasteiger partial charge in [0, 0.05) is 13.1 Å². The van der Waals surface area contributed by atoms with E-state index in [0.29, 0.717) is 10.9 Å². The van der Waals surface area contributed by atoms with Crippen molar-refractivity contribution in [3.8, 4) is 5.75 Å². The molecule has 98 valence electrons. The highest BCUT2D eigenvalue weighted by molar-refractivity contribution is 6.31. The summed E-state index contributed by atoms with van der Waals surface area (Å²) in [6.07, 6.45) is 2.47. The van der Waals surface area contributed by atoms with Gasteiger partial charge in [0.25, 0.3) is 0 Å². The quantitative estimate of drug-likeness (QED) is 0.790. The van der Waals surface area contributed by atoms with E-state index in [1.165, 1.54) is 17.5 Å². The van der Waals surface area contributed by atoms with Crippen LogP contribution in [-0.4, -0.2) is 23.6 Å². The maximum absolute atomic E-state index is 6.05. The van der Waals surface area contributed by atoms with Crippen LogP contribution in [0.3, 0.4) is 0 Å². The SMILES string of the molecule is COc1c(Cl)ncnc1N1CCc2ccccc2C1.